The zero-order chi connectivity index (χ0) is 23.8. The fourth-order valence-corrected chi connectivity index (χ4v) is 99.2. The molecule has 10 saturated heterocycles. The first-order valence-electron chi connectivity index (χ1n) is 14.6. The number of aliphatic carboxylic acids is 1. The second kappa shape index (κ2) is 2.90. The SMILES string of the molecule is CCCCCCc1ccc(C(SCCC(=O)O)(c2ccccc2)[C]23[CH]4[CH]5[CH]6[CH]2[Fe]56432789[CH]3[CH]2[CH]7[CH]8[CH]39)cc1. The van der Waals surface area contributed by atoms with Crippen molar-refractivity contribution in [2.75, 3.05) is 5.75 Å². The average molecular weight is 541 g/mol. The molecule has 2 aromatic carbocycles. The summed E-state index contributed by atoms with van der Waals surface area (Å²) < 4.78 is 0.610. The molecule has 1 N–H and O–H groups in total. The molecular weight excluding hydrogens is 504 g/mol. The van der Waals surface area contributed by atoms with Crippen LogP contribution < -0.4 is 0 Å². The van der Waals surface area contributed by atoms with E-state index in [1.165, 1.54) is 82.5 Å². The van der Waals surface area contributed by atoms with Gasteiger partial charge in [0.2, 0.25) is 0 Å². The molecule has 10 heterocycles. The van der Waals surface area contributed by atoms with Crippen molar-refractivity contribution in [3.05, 3.63) is 71.3 Å². The van der Waals surface area contributed by atoms with Gasteiger partial charge >= 0.3 is 209 Å². The summed E-state index contributed by atoms with van der Waals surface area (Å²) in [6.07, 6.45) is 6.71. The van der Waals surface area contributed by atoms with Crippen molar-refractivity contribution in [2.24, 2.45) is 0 Å². The number of carboxylic acid groups (broad SMARTS) is 1. The molecule has 4 heteroatoms. The van der Waals surface area contributed by atoms with E-state index in [-0.39, 0.29) is 11.2 Å². The Morgan fingerprint density at radius 3 is 1.97 bits per heavy atom. The van der Waals surface area contributed by atoms with E-state index in [0.29, 0.717) is 4.31 Å². The van der Waals surface area contributed by atoms with Crippen LogP contribution in [-0.4, -0.2) is 16.8 Å². The van der Waals surface area contributed by atoms with Gasteiger partial charge in [0.15, 0.2) is 0 Å². The van der Waals surface area contributed by atoms with E-state index in [1.54, 1.807) is 0 Å². The van der Waals surface area contributed by atoms with Crippen molar-refractivity contribution in [1.82, 2.24) is 0 Å². The van der Waals surface area contributed by atoms with Gasteiger partial charge in [0.25, 0.3) is 0 Å². The summed E-state index contributed by atoms with van der Waals surface area (Å²) >= 11 is 2.09. The molecule has 2 nitrogen and oxygen atoms in total. The van der Waals surface area contributed by atoms with Crippen LogP contribution in [0.5, 0.6) is 0 Å². The number of hydrogen-bond acceptors (Lipinski definition) is 2. The number of carbonyl (C=O) groups is 1. The van der Waals surface area contributed by atoms with Crippen LogP contribution in [-0.2, 0) is 22.5 Å². The van der Waals surface area contributed by atoms with Crippen molar-refractivity contribution in [3.63, 3.8) is 0 Å². The summed E-state index contributed by atoms with van der Waals surface area (Å²) in [6, 6.07) is 21.5. The Morgan fingerprint density at radius 1 is 0.861 bits per heavy atom. The predicted octanol–water partition coefficient (Wildman–Crippen LogP) is 9.02. The second-order valence-corrected chi connectivity index (χ2v) is 41.1. The van der Waals surface area contributed by atoms with Gasteiger partial charge in [-0.25, -0.2) is 0 Å². The third kappa shape index (κ3) is 0.476. The Hall–Kier alpha value is -1.22. The number of aryl methyl sites for hydroxylation is 1. The number of thioether (sulfide) groups is 1. The van der Waals surface area contributed by atoms with Crippen LogP contribution in [0.15, 0.2) is 54.6 Å². The molecule has 0 amide bonds. The van der Waals surface area contributed by atoms with Crippen LogP contribution in [0.1, 0.15) is 55.7 Å². The van der Waals surface area contributed by atoms with Crippen molar-refractivity contribution in [3.8, 4) is 0 Å². The molecule has 10 aliphatic heterocycles. The number of fused-ring (bicyclic) bond motifs is 10. The van der Waals surface area contributed by atoms with Gasteiger partial charge in [-0.1, -0.05) is 0 Å². The monoisotopic (exact) mass is 540 g/mol. The maximum absolute atomic E-state index is 11.7. The van der Waals surface area contributed by atoms with Gasteiger partial charge in [-0.2, -0.15) is 0 Å². The Kier molecular flexibility index (Phi) is 1.53. The molecule has 0 aliphatic carbocycles. The molecule has 10 fully saturated rings. The van der Waals surface area contributed by atoms with Crippen LogP contribution in [0.3, 0.4) is 0 Å². The fraction of sp³-hybridized carbons (Fsp3) is 0.594. The van der Waals surface area contributed by atoms with E-state index in [4.69, 9.17) is 0 Å². The summed E-state index contributed by atoms with van der Waals surface area (Å²) in [7, 11) is 0. The molecule has 190 valence electrons. The Bertz CT molecular complexity index is 1690. The molecule has 12 rings (SSSR count). The maximum atomic E-state index is 11.7. The first-order chi connectivity index (χ1) is 17.4. The number of unbranched alkanes of at least 4 members (excludes halogenated alkanes) is 3. The first-order valence-corrected chi connectivity index (χ1v) is 21.8. The summed E-state index contributed by atoms with van der Waals surface area (Å²) in [4.78, 5) is 22.9. The molecule has 0 aromatic heterocycles. The van der Waals surface area contributed by atoms with E-state index < -0.39 is 12.5 Å². The Labute approximate surface area is 208 Å². The van der Waals surface area contributed by atoms with Gasteiger partial charge in [-0.15, -0.1) is 0 Å². The molecule has 5 atom stereocenters. The van der Waals surface area contributed by atoms with Crippen molar-refractivity contribution < 1.29 is 16.4 Å². The molecule has 1 spiro atoms. The molecule has 0 bridgehead atoms. The molecule has 0 saturated carbocycles. The summed E-state index contributed by atoms with van der Waals surface area (Å²) in [5.41, 5.74) is 4.54. The minimum atomic E-state index is -3.54. The van der Waals surface area contributed by atoms with Crippen molar-refractivity contribution >= 4 is 17.7 Å². The minimum absolute atomic E-state index is 0.000562. The van der Waals surface area contributed by atoms with Gasteiger partial charge in [-0.3, -0.25) is 0 Å². The second-order valence-electron chi connectivity index (χ2n) is 16.2. The summed E-state index contributed by atoms with van der Waals surface area (Å²) in [5.74, 6) is 0.0957. The predicted molar refractivity (Wildman–Crippen MR) is 143 cm³/mol. The van der Waals surface area contributed by atoms with Gasteiger partial charge in [0.1, 0.15) is 0 Å². The third-order valence-electron chi connectivity index (χ3n) is 19.7. The molecular formula is C32H36FeO2S. The number of benzene rings is 2. The fourth-order valence-electron chi connectivity index (χ4n) is 20.7. The quantitative estimate of drug-likeness (QED) is 0.216. The zero-order valence-corrected chi connectivity index (χ0v) is 22.9. The van der Waals surface area contributed by atoms with Gasteiger partial charge in [0, 0.05) is 0 Å². The Balaban J connectivity index is 1.06. The molecule has 10 aliphatic rings. The van der Waals surface area contributed by atoms with E-state index in [0.717, 1.165) is 15.4 Å². The molecule has 36 heavy (non-hydrogen) atoms. The van der Waals surface area contributed by atoms with Crippen LogP contribution in [0, 0.1) is 0 Å². The van der Waals surface area contributed by atoms with Crippen molar-refractivity contribution in [1.29, 1.82) is 0 Å². The third-order valence-corrected chi connectivity index (χ3v) is 64.0. The van der Waals surface area contributed by atoms with Crippen LogP contribution in [0.2, 0.25) is 47.7 Å². The van der Waals surface area contributed by atoms with Crippen LogP contribution >= 0.6 is 11.8 Å². The number of carboxylic acids is 1. The zero-order valence-electron chi connectivity index (χ0n) is 21.0. The van der Waals surface area contributed by atoms with Gasteiger partial charge in [-0.05, 0) is 0 Å². The van der Waals surface area contributed by atoms with E-state index >= 15 is 0 Å². The van der Waals surface area contributed by atoms with E-state index in [1.807, 2.05) is 0 Å². The Morgan fingerprint density at radius 2 is 1.47 bits per heavy atom. The summed E-state index contributed by atoms with van der Waals surface area (Å²) in [6.45, 7) is -1.25. The van der Waals surface area contributed by atoms with Gasteiger partial charge in [0.05, 0.1) is 0 Å². The van der Waals surface area contributed by atoms with Crippen molar-refractivity contribution in [2.45, 2.75) is 97.9 Å². The number of rotatable bonds is 12. The van der Waals surface area contributed by atoms with Crippen LogP contribution in [0.4, 0.5) is 0 Å². The topological polar surface area (TPSA) is 37.3 Å². The van der Waals surface area contributed by atoms with E-state index in [2.05, 4.69) is 73.3 Å². The molecule has 0 radical (unpaired) electrons. The van der Waals surface area contributed by atoms with Gasteiger partial charge < -0.3 is 0 Å². The van der Waals surface area contributed by atoms with Crippen LogP contribution in [0.25, 0.3) is 0 Å². The summed E-state index contributed by atoms with van der Waals surface area (Å²) in [5, 5.41) is 9.65. The van der Waals surface area contributed by atoms with E-state index in [9.17, 15) is 9.90 Å². The molecule has 2 aromatic rings. The molecule has 5 unspecified atom stereocenters. The average Bonchev–Trinajstić information content (AvgIpc) is 3.84. The number of hydrogen-bond donors (Lipinski definition) is 1. The normalized spacial score (nSPS) is 64.1. The standard InChI is InChI=1S/C27H31O2S.C5H5.Fe/c1-2-3-4-6-11-22-16-18-25(19-17-22)27(24-14-9-10-15-24,30-21-20-26(28)29)23-12-7-5-8-13-23;1-2-4-5-3-1;/h5,7-10,12-19H,2-4,6,11,20-21H2,1H3,(H,28,29);1-5H;. The first kappa shape index (κ1) is 18.9.